The maximum Gasteiger partial charge on any atom is 0.261 e. The number of carbonyl (C=O) groups excluding carboxylic acids is 1. The second kappa shape index (κ2) is 9.72. The predicted molar refractivity (Wildman–Crippen MR) is 100.0 cm³/mol. The zero-order chi connectivity index (χ0) is 18.1. The first kappa shape index (κ1) is 18.8. The number of carbonyl (C=O) groups is 1. The number of nitrogens with one attached hydrogen (secondary N) is 1. The Hall–Kier alpha value is -2.49. The Morgan fingerprint density at radius 3 is 2.08 bits per heavy atom. The van der Waals surface area contributed by atoms with Crippen molar-refractivity contribution in [3.63, 3.8) is 0 Å². The Bertz CT molecular complexity index is 650. The highest BCUT2D eigenvalue weighted by Crippen LogP contribution is 2.16. The summed E-state index contributed by atoms with van der Waals surface area (Å²) in [7, 11) is 0. The summed E-state index contributed by atoms with van der Waals surface area (Å²) in [6.45, 7) is 7.13. The first-order chi connectivity index (χ1) is 12.2. The quantitative estimate of drug-likeness (QED) is 0.746. The van der Waals surface area contributed by atoms with Gasteiger partial charge in [-0.05, 0) is 55.2 Å². The third kappa shape index (κ3) is 5.82. The molecule has 0 aromatic heterocycles. The van der Waals surface area contributed by atoms with Crippen LogP contribution in [0.5, 0.6) is 11.5 Å². The highest BCUT2D eigenvalue weighted by atomic mass is 16.5. The van der Waals surface area contributed by atoms with E-state index in [4.69, 9.17) is 9.47 Å². The Morgan fingerprint density at radius 1 is 0.920 bits per heavy atom. The largest absolute Gasteiger partial charge is 0.494 e. The van der Waals surface area contributed by atoms with Gasteiger partial charge in [-0.2, -0.15) is 0 Å². The van der Waals surface area contributed by atoms with Gasteiger partial charge >= 0.3 is 0 Å². The molecular weight excluding hydrogens is 314 g/mol. The van der Waals surface area contributed by atoms with Gasteiger partial charge in [-0.1, -0.05) is 38.1 Å². The molecule has 134 valence electrons. The van der Waals surface area contributed by atoms with Crippen LogP contribution in [-0.4, -0.2) is 18.6 Å². The number of aryl methyl sites for hydroxylation is 1. The highest BCUT2D eigenvalue weighted by molar-refractivity contribution is 5.81. The predicted octanol–water partition coefficient (Wildman–Crippen LogP) is 4.12. The molecule has 0 fully saturated rings. The molecule has 0 saturated heterocycles. The molecule has 0 radical (unpaired) electrons. The van der Waals surface area contributed by atoms with Gasteiger partial charge < -0.3 is 14.8 Å². The number of rotatable bonds is 9. The molecule has 0 heterocycles. The van der Waals surface area contributed by atoms with Crippen LogP contribution in [0.4, 0.5) is 0 Å². The van der Waals surface area contributed by atoms with Crippen molar-refractivity contribution >= 4 is 5.91 Å². The smallest absolute Gasteiger partial charge is 0.261 e. The van der Waals surface area contributed by atoms with Crippen molar-refractivity contribution < 1.29 is 14.3 Å². The third-order valence-electron chi connectivity index (χ3n) is 3.97. The van der Waals surface area contributed by atoms with Gasteiger partial charge in [0.1, 0.15) is 11.5 Å². The minimum Gasteiger partial charge on any atom is -0.494 e. The Kier molecular flexibility index (Phi) is 7.33. The van der Waals surface area contributed by atoms with E-state index in [0.29, 0.717) is 19.6 Å². The second-order valence-electron chi connectivity index (χ2n) is 5.81. The van der Waals surface area contributed by atoms with Crippen molar-refractivity contribution in [3.05, 3.63) is 59.7 Å². The molecule has 1 atom stereocenters. The zero-order valence-electron chi connectivity index (χ0n) is 15.2. The molecule has 0 bridgehead atoms. The van der Waals surface area contributed by atoms with Crippen LogP contribution in [0.25, 0.3) is 0 Å². The molecule has 0 unspecified atom stereocenters. The molecule has 0 spiro atoms. The van der Waals surface area contributed by atoms with E-state index in [2.05, 4.69) is 12.2 Å². The lowest BCUT2D eigenvalue weighted by Crippen LogP contribution is -2.37. The summed E-state index contributed by atoms with van der Waals surface area (Å²) in [5.74, 6) is 1.46. The van der Waals surface area contributed by atoms with Crippen LogP contribution < -0.4 is 14.8 Å². The second-order valence-corrected chi connectivity index (χ2v) is 5.81. The number of amides is 1. The minimum absolute atomic E-state index is 0.101. The van der Waals surface area contributed by atoms with Crippen molar-refractivity contribution in [2.24, 2.45) is 0 Å². The zero-order valence-corrected chi connectivity index (χ0v) is 15.2. The molecular formula is C21H27NO3. The Morgan fingerprint density at radius 2 is 1.52 bits per heavy atom. The molecule has 25 heavy (non-hydrogen) atoms. The topological polar surface area (TPSA) is 47.6 Å². The summed E-state index contributed by atoms with van der Waals surface area (Å²) in [5.41, 5.74) is 2.28. The molecule has 0 saturated carbocycles. The van der Waals surface area contributed by atoms with Crippen molar-refractivity contribution in [1.82, 2.24) is 5.32 Å². The third-order valence-corrected chi connectivity index (χ3v) is 3.97. The van der Waals surface area contributed by atoms with E-state index in [9.17, 15) is 4.79 Å². The minimum atomic E-state index is -0.491. The molecule has 2 rings (SSSR count). The molecule has 4 nitrogen and oxygen atoms in total. The van der Waals surface area contributed by atoms with Gasteiger partial charge in [0.05, 0.1) is 6.61 Å². The Labute approximate surface area is 150 Å². The summed E-state index contributed by atoms with van der Waals surface area (Å²) in [6.07, 6.45) is 1.11. The van der Waals surface area contributed by atoms with E-state index >= 15 is 0 Å². The van der Waals surface area contributed by atoms with E-state index in [0.717, 1.165) is 23.5 Å². The van der Waals surface area contributed by atoms with Gasteiger partial charge in [-0.25, -0.2) is 0 Å². The molecule has 1 amide bonds. The SMILES string of the molecule is CCOc1ccc(CNC(=O)[C@H](CC)Oc2ccc(CC)cc2)cc1. The van der Waals surface area contributed by atoms with Crippen LogP contribution in [0.15, 0.2) is 48.5 Å². The van der Waals surface area contributed by atoms with Gasteiger partial charge in [0.25, 0.3) is 5.91 Å². The van der Waals surface area contributed by atoms with Gasteiger partial charge in [-0.15, -0.1) is 0 Å². The normalized spacial score (nSPS) is 11.6. The van der Waals surface area contributed by atoms with Crippen molar-refractivity contribution in [2.75, 3.05) is 6.61 Å². The lowest BCUT2D eigenvalue weighted by Gasteiger charge is -2.17. The molecule has 2 aromatic carbocycles. The summed E-state index contributed by atoms with van der Waals surface area (Å²) in [5, 5.41) is 2.94. The average molecular weight is 341 g/mol. The Balaban J connectivity index is 1.88. The maximum atomic E-state index is 12.4. The molecule has 0 aliphatic rings. The summed E-state index contributed by atoms with van der Waals surface area (Å²) in [6, 6.07) is 15.6. The van der Waals surface area contributed by atoms with Crippen LogP contribution in [0.3, 0.4) is 0 Å². The maximum absolute atomic E-state index is 12.4. The van der Waals surface area contributed by atoms with E-state index < -0.39 is 6.10 Å². The molecule has 2 aromatic rings. The lowest BCUT2D eigenvalue weighted by molar-refractivity contribution is -0.128. The fourth-order valence-electron chi connectivity index (χ4n) is 2.46. The lowest BCUT2D eigenvalue weighted by atomic mass is 10.1. The van der Waals surface area contributed by atoms with Crippen LogP contribution in [-0.2, 0) is 17.8 Å². The molecule has 0 aliphatic heterocycles. The number of hydrogen-bond donors (Lipinski definition) is 1. The summed E-state index contributed by atoms with van der Waals surface area (Å²) < 4.78 is 11.2. The average Bonchev–Trinajstić information content (AvgIpc) is 2.66. The van der Waals surface area contributed by atoms with Crippen LogP contribution in [0.2, 0.25) is 0 Å². The fourth-order valence-corrected chi connectivity index (χ4v) is 2.46. The van der Waals surface area contributed by atoms with Gasteiger partial charge in [-0.3, -0.25) is 4.79 Å². The summed E-state index contributed by atoms with van der Waals surface area (Å²) in [4.78, 5) is 12.4. The van der Waals surface area contributed by atoms with Crippen LogP contribution in [0, 0.1) is 0 Å². The first-order valence-electron chi connectivity index (χ1n) is 8.91. The van der Waals surface area contributed by atoms with Crippen LogP contribution >= 0.6 is 0 Å². The van der Waals surface area contributed by atoms with Crippen molar-refractivity contribution in [3.8, 4) is 11.5 Å². The van der Waals surface area contributed by atoms with Gasteiger partial charge in [0, 0.05) is 6.54 Å². The number of ether oxygens (including phenoxy) is 2. The standard InChI is InChI=1S/C21H27NO3/c1-4-16-7-13-19(14-8-16)25-20(5-2)21(23)22-15-17-9-11-18(12-10-17)24-6-3/h7-14,20H,4-6,15H2,1-3H3,(H,22,23)/t20-/m0/s1. The van der Waals surface area contributed by atoms with Crippen LogP contribution in [0.1, 0.15) is 38.3 Å². The van der Waals surface area contributed by atoms with Crippen molar-refractivity contribution in [2.45, 2.75) is 46.3 Å². The molecule has 0 aliphatic carbocycles. The summed E-state index contributed by atoms with van der Waals surface area (Å²) >= 11 is 0. The molecule has 1 N–H and O–H groups in total. The van der Waals surface area contributed by atoms with Gasteiger partial charge in [0.2, 0.25) is 0 Å². The number of hydrogen-bond acceptors (Lipinski definition) is 3. The fraction of sp³-hybridized carbons (Fsp3) is 0.381. The van der Waals surface area contributed by atoms with E-state index in [1.54, 1.807) is 0 Å². The van der Waals surface area contributed by atoms with E-state index in [-0.39, 0.29) is 5.91 Å². The first-order valence-corrected chi connectivity index (χ1v) is 8.91. The van der Waals surface area contributed by atoms with Gasteiger partial charge in [0.15, 0.2) is 6.10 Å². The number of benzene rings is 2. The van der Waals surface area contributed by atoms with E-state index in [1.165, 1.54) is 5.56 Å². The van der Waals surface area contributed by atoms with E-state index in [1.807, 2.05) is 62.4 Å². The monoisotopic (exact) mass is 341 g/mol. The molecule has 4 heteroatoms. The highest BCUT2D eigenvalue weighted by Gasteiger charge is 2.18. The van der Waals surface area contributed by atoms with Crippen molar-refractivity contribution in [1.29, 1.82) is 0 Å².